The maximum Gasteiger partial charge on any atom is 0.0448 e. The molecule has 0 fully saturated rings. The van der Waals surface area contributed by atoms with Crippen molar-refractivity contribution in [2.75, 3.05) is 19.6 Å². The van der Waals surface area contributed by atoms with E-state index in [2.05, 4.69) is 53.4 Å². The van der Waals surface area contributed by atoms with E-state index in [0.717, 1.165) is 5.54 Å². The summed E-state index contributed by atoms with van der Waals surface area (Å²) in [5.41, 5.74) is 0.941. The van der Waals surface area contributed by atoms with Crippen molar-refractivity contribution in [1.29, 1.82) is 0 Å². The van der Waals surface area contributed by atoms with E-state index in [-0.39, 0.29) is 0 Å². The van der Waals surface area contributed by atoms with Crippen molar-refractivity contribution in [3.63, 3.8) is 0 Å². The zero-order chi connectivity index (χ0) is 12.8. The molecule has 16 heavy (non-hydrogen) atoms. The van der Waals surface area contributed by atoms with Gasteiger partial charge in [-0.15, -0.1) is 0 Å². The van der Waals surface area contributed by atoms with E-state index in [1.165, 1.54) is 32.1 Å². The lowest BCUT2D eigenvalue weighted by Gasteiger charge is -2.33. The Hall–Kier alpha value is 0.177. The second kappa shape index (κ2) is 7.49. The van der Waals surface area contributed by atoms with Gasteiger partial charge in [0.15, 0.2) is 0 Å². The Bertz CT molecular complexity index is 168. The molecule has 0 saturated heterocycles. The van der Waals surface area contributed by atoms with E-state index < -0.39 is 8.80 Å². The molecule has 0 N–H and O–H groups in total. The lowest BCUT2D eigenvalue weighted by molar-refractivity contribution is 0.304. The van der Waals surface area contributed by atoms with E-state index in [1.54, 1.807) is 0 Å². The molecule has 1 nitrogen and oxygen atoms in total. The molecule has 2 heteroatoms. The summed E-state index contributed by atoms with van der Waals surface area (Å²) in [5, 5.41) is 0.595. The molecule has 0 aliphatic carbocycles. The first-order valence-corrected chi connectivity index (χ1v) is 9.11. The second-order valence-electron chi connectivity index (χ2n) is 6.39. The molecule has 0 radical (unpaired) electrons. The second-order valence-corrected chi connectivity index (χ2v) is 11.2. The minimum Gasteiger partial charge on any atom is -0.304 e. The maximum atomic E-state index is 2.55. The van der Waals surface area contributed by atoms with Gasteiger partial charge in [-0.25, -0.2) is 0 Å². The summed E-state index contributed by atoms with van der Waals surface area (Å²) in [6.45, 7) is 20.5. The van der Waals surface area contributed by atoms with Gasteiger partial charge in [-0.05, 0) is 31.1 Å². The van der Waals surface area contributed by atoms with Gasteiger partial charge in [0.2, 0.25) is 0 Å². The molecule has 0 amide bonds. The molecule has 0 bridgehead atoms. The highest BCUT2D eigenvalue weighted by Crippen LogP contribution is 2.36. The summed E-state index contributed by atoms with van der Waals surface area (Å²) in [4.78, 5) is 2.55. The van der Waals surface area contributed by atoms with Gasteiger partial charge in [0.05, 0.1) is 0 Å². The van der Waals surface area contributed by atoms with Crippen molar-refractivity contribution in [2.45, 2.75) is 71.5 Å². The Balaban J connectivity index is 4.04. The summed E-state index contributed by atoms with van der Waals surface area (Å²) in [6, 6.07) is 1.51. The highest BCUT2D eigenvalue weighted by Gasteiger charge is 2.28. The molecule has 0 spiro atoms. The predicted molar refractivity (Wildman–Crippen MR) is 79.2 cm³/mol. The lowest BCUT2D eigenvalue weighted by Crippen LogP contribution is -2.31. The van der Waals surface area contributed by atoms with Gasteiger partial charge >= 0.3 is 0 Å². The fraction of sp³-hybridized carbons (Fsp3) is 1.00. The maximum absolute atomic E-state index is 2.55. The monoisotopic (exact) mass is 243 g/mol. The van der Waals surface area contributed by atoms with Gasteiger partial charge in [0.1, 0.15) is 0 Å². The lowest BCUT2D eigenvalue weighted by atomic mass is 10.2. The standard InChI is InChI=1S/C14H33NSi/c1-8-15(9-2)11-10-12-16(13(3)4)14(5,6)7/h13,16H,8-12H2,1-7H3. The van der Waals surface area contributed by atoms with Crippen molar-refractivity contribution in [1.82, 2.24) is 4.90 Å². The third-order valence-electron chi connectivity index (χ3n) is 3.80. The van der Waals surface area contributed by atoms with Crippen LogP contribution in [0.1, 0.15) is 54.9 Å². The number of hydrogen-bond donors (Lipinski definition) is 0. The van der Waals surface area contributed by atoms with Crippen molar-refractivity contribution in [3.05, 3.63) is 0 Å². The van der Waals surface area contributed by atoms with Crippen molar-refractivity contribution in [3.8, 4) is 0 Å². The molecule has 0 heterocycles. The third kappa shape index (κ3) is 6.05. The number of nitrogens with zero attached hydrogens (tertiary/aromatic N) is 1. The molecule has 0 aromatic carbocycles. The van der Waals surface area contributed by atoms with E-state index in [1.807, 2.05) is 0 Å². The van der Waals surface area contributed by atoms with Crippen LogP contribution in [0.5, 0.6) is 0 Å². The predicted octanol–water partition coefficient (Wildman–Crippen LogP) is 4.16. The molecular weight excluding hydrogens is 210 g/mol. The largest absolute Gasteiger partial charge is 0.304 e. The Kier molecular flexibility index (Phi) is 7.58. The first kappa shape index (κ1) is 16.2. The average Bonchev–Trinajstić information content (AvgIpc) is 2.15. The van der Waals surface area contributed by atoms with Crippen LogP contribution in [0, 0.1) is 0 Å². The van der Waals surface area contributed by atoms with Crippen molar-refractivity contribution in [2.24, 2.45) is 0 Å². The number of hydrogen-bond acceptors (Lipinski definition) is 1. The SMILES string of the molecule is CCN(CC)CCC[SiH](C(C)C)C(C)(C)C. The smallest absolute Gasteiger partial charge is 0.0448 e. The van der Waals surface area contributed by atoms with Crippen LogP contribution in [-0.4, -0.2) is 33.3 Å². The summed E-state index contributed by atoms with van der Waals surface area (Å²) in [6.07, 6.45) is 1.41. The first-order valence-electron chi connectivity index (χ1n) is 7.05. The van der Waals surface area contributed by atoms with Gasteiger partial charge in [-0.1, -0.05) is 60.1 Å². The van der Waals surface area contributed by atoms with Gasteiger partial charge in [-0.2, -0.15) is 0 Å². The average molecular weight is 244 g/mol. The Morgan fingerprint density at radius 2 is 1.56 bits per heavy atom. The van der Waals surface area contributed by atoms with E-state index >= 15 is 0 Å². The quantitative estimate of drug-likeness (QED) is 0.607. The van der Waals surface area contributed by atoms with Crippen LogP contribution in [0.2, 0.25) is 16.6 Å². The topological polar surface area (TPSA) is 3.24 Å². The normalized spacial score (nSPS) is 14.8. The van der Waals surface area contributed by atoms with E-state index in [4.69, 9.17) is 0 Å². The summed E-state index contributed by atoms with van der Waals surface area (Å²) in [5.74, 6) is 0. The zero-order valence-corrected chi connectivity index (χ0v) is 13.8. The molecule has 1 atom stereocenters. The van der Waals surface area contributed by atoms with Crippen LogP contribution >= 0.6 is 0 Å². The highest BCUT2D eigenvalue weighted by atomic mass is 28.3. The molecule has 0 aliphatic rings. The van der Waals surface area contributed by atoms with Crippen LogP contribution in [0.25, 0.3) is 0 Å². The molecule has 98 valence electrons. The van der Waals surface area contributed by atoms with Gasteiger partial charge in [0.25, 0.3) is 0 Å². The third-order valence-corrected chi connectivity index (χ3v) is 8.67. The fourth-order valence-electron chi connectivity index (χ4n) is 2.84. The van der Waals surface area contributed by atoms with Crippen LogP contribution in [0.3, 0.4) is 0 Å². The van der Waals surface area contributed by atoms with Crippen LogP contribution < -0.4 is 0 Å². The van der Waals surface area contributed by atoms with E-state index in [0.29, 0.717) is 5.04 Å². The molecule has 0 saturated carbocycles. The van der Waals surface area contributed by atoms with Crippen molar-refractivity contribution >= 4 is 8.80 Å². The number of rotatable bonds is 7. The molecular formula is C14H33NSi. The fourth-order valence-corrected chi connectivity index (χ4v) is 7.00. The van der Waals surface area contributed by atoms with Gasteiger partial charge in [0, 0.05) is 8.80 Å². The Morgan fingerprint density at radius 3 is 1.88 bits per heavy atom. The van der Waals surface area contributed by atoms with E-state index in [9.17, 15) is 0 Å². The van der Waals surface area contributed by atoms with Crippen LogP contribution in [0.4, 0.5) is 0 Å². The van der Waals surface area contributed by atoms with Crippen LogP contribution in [-0.2, 0) is 0 Å². The van der Waals surface area contributed by atoms with Crippen LogP contribution in [0.15, 0.2) is 0 Å². The minimum absolute atomic E-state index is 0.595. The zero-order valence-electron chi connectivity index (χ0n) is 12.6. The Morgan fingerprint density at radius 1 is 1.06 bits per heavy atom. The summed E-state index contributed by atoms with van der Waals surface area (Å²) in [7, 11) is -0.603. The van der Waals surface area contributed by atoms with Crippen molar-refractivity contribution < 1.29 is 0 Å². The van der Waals surface area contributed by atoms with Gasteiger partial charge in [-0.3, -0.25) is 0 Å². The molecule has 0 rings (SSSR count). The highest BCUT2D eigenvalue weighted by molar-refractivity contribution is 6.63. The minimum atomic E-state index is -0.603. The molecule has 0 aliphatic heterocycles. The van der Waals surface area contributed by atoms with Gasteiger partial charge < -0.3 is 4.90 Å². The Labute approximate surface area is 105 Å². The molecule has 1 unspecified atom stereocenters. The molecule has 0 aromatic rings. The summed E-state index contributed by atoms with van der Waals surface area (Å²) < 4.78 is 0. The first-order chi connectivity index (χ1) is 7.32. The molecule has 0 aromatic heterocycles. The summed E-state index contributed by atoms with van der Waals surface area (Å²) >= 11 is 0.